The van der Waals surface area contributed by atoms with E-state index in [-0.39, 0.29) is 29.9 Å². The second kappa shape index (κ2) is 10.3. The minimum absolute atomic E-state index is 0. The predicted molar refractivity (Wildman–Crippen MR) is 96.5 cm³/mol. The van der Waals surface area contributed by atoms with Crippen molar-refractivity contribution in [2.75, 3.05) is 20.1 Å². The van der Waals surface area contributed by atoms with Gasteiger partial charge in [-0.15, -0.1) is 24.0 Å². The van der Waals surface area contributed by atoms with Crippen molar-refractivity contribution in [1.82, 2.24) is 25.9 Å². The second-order valence-corrected chi connectivity index (χ2v) is 4.97. The molecule has 0 saturated heterocycles. The third-order valence-corrected chi connectivity index (χ3v) is 3.42. The molecule has 7 nitrogen and oxygen atoms in total. The minimum Gasteiger partial charge on any atom is -0.355 e. The second-order valence-electron chi connectivity index (χ2n) is 4.97. The molecule has 1 saturated carbocycles. The summed E-state index contributed by atoms with van der Waals surface area (Å²) >= 11 is 0. The quantitative estimate of drug-likeness (QED) is 0.287. The number of nitrogens with one attached hydrogen (secondary N) is 3. The zero-order valence-electron chi connectivity index (χ0n) is 12.7. The summed E-state index contributed by atoms with van der Waals surface area (Å²) in [5.41, 5.74) is 0.325. The summed E-state index contributed by atoms with van der Waals surface area (Å²) in [6.07, 6.45) is 9.45. The van der Waals surface area contributed by atoms with Crippen molar-refractivity contribution in [1.29, 1.82) is 0 Å². The van der Waals surface area contributed by atoms with Crippen LogP contribution < -0.4 is 16.0 Å². The van der Waals surface area contributed by atoms with Crippen LogP contribution in [0.15, 0.2) is 23.6 Å². The lowest BCUT2D eigenvalue weighted by molar-refractivity contribution is 0.0949. The SMILES string of the molecule is CN=C(NCCNC(=O)c1cnccn1)NC1CCCC1.I. The van der Waals surface area contributed by atoms with Crippen LogP contribution >= 0.6 is 24.0 Å². The number of carbonyl (C=O) groups is 1. The molecule has 1 fully saturated rings. The Hall–Kier alpha value is -1.45. The summed E-state index contributed by atoms with van der Waals surface area (Å²) in [5, 5.41) is 9.37. The van der Waals surface area contributed by atoms with E-state index in [0.29, 0.717) is 24.8 Å². The lowest BCUT2D eigenvalue weighted by Gasteiger charge is -2.16. The molecule has 1 aliphatic carbocycles. The fourth-order valence-electron chi connectivity index (χ4n) is 2.32. The van der Waals surface area contributed by atoms with Crippen LogP contribution in [0.2, 0.25) is 0 Å². The largest absolute Gasteiger partial charge is 0.355 e. The van der Waals surface area contributed by atoms with E-state index in [0.717, 1.165) is 5.96 Å². The molecule has 0 atom stereocenters. The number of hydrogen-bond donors (Lipinski definition) is 3. The molecular formula is C14H23IN6O. The number of aliphatic imine (C=N–C) groups is 1. The van der Waals surface area contributed by atoms with Crippen molar-refractivity contribution in [2.24, 2.45) is 4.99 Å². The van der Waals surface area contributed by atoms with E-state index in [4.69, 9.17) is 0 Å². The van der Waals surface area contributed by atoms with E-state index in [1.807, 2.05) is 0 Å². The standard InChI is InChI=1S/C14H22N6O.HI/c1-15-14(20-11-4-2-3-5-11)19-9-8-18-13(21)12-10-16-6-7-17-12;/h6-7,10-11H,2-5,8-9H2,1H3,(H,18,21)(H2,15,19,20);1H. The van der Waals surface area contributed by atoms with Gasteiger partial charge in [0.05, 0.1) is 6.20 Å². The number of aromatic nitrogens is 2. The summed E-state index contributed by atoms with van der Waals surface area (Å²) in [6, 6.07) is 0.519. The molecule has 0 aromatic carbocycles. The van der Waals surface area contributed by atoms with Gasteiger partial charge >= 0.3 is 0 Å². The van der Waals surface area contributed by atoms with Gasteiger partial charge in [-0.25, -0.2) is 4.98 Å². The Labute approximate surface area is 147 Å². The van der Waals surface area contributed by atoms with Gasteiger partial charge in [0.1, 0.15) is 5.69 Å². The molecule has 2 rings (SSSR count). The van der Waals surface area contributed by atoms with Crippen molar-refractivity contribution in [3.8, 4) is 0 Å². The maximum Gasteiger partial charge on any atom is 0.271 e. The molecule has 0 aliphatic heterocycles. The highest BCUT2D eigenvalue weighted by Gasteiger charge is 2.15. The van der Waals surface area contributed by atoms with Gasteiger partial charge in [0.15, 0.2) is 5.96 Å². The van der Waals surface area contributed by atoms with Crippen LogP contribution in [0.5, 0.6) is 0 Å². The molecule has 0 bridgehead atoms. The Morgan fingerprint density at radius 1 is 1.27 bits per heavy atom. The van der Waals surface area contributed by atoms with Crippen molar-refractivity contribution in [2.45, 2.75) is 31.7 Å². The van der Waals surface area contributed by atoms with Gasteiger partial charge in [0.25, 0.3) is 5.91 Å². The van der Waals surface area contributed by atoms with E-state index < -0.39 is 0 Å². The Morgan fingerprint density at radius 3 is 2.64 bits per heavy atom. The van der Waals surface area contributed by atoms with Crippen LogP contribution in [0.3, 0.4) is 0 Å². The van der Waals surface area contributed by atoms with Crippen molar-refractivity contribution >= 4 is 35.8 Å². The van der Waals surface area contributed by atoms with E-state index in [1.165, 1.54) is 44.3 Å². The maximum atomic E-state index is 11.8. The Balaban J connectivity index is 0.00000242. The predicted octanol–water partition coefficient (Wildman–Crippen LogP) is 0.932. The van der Waals surface area contributed by atoms with Gasteiger partial charge in [0, 0.05) is 38.6 Å². The van der Waals surface area contributed by atoms with Crippen LogP contribution in [0.1, 0.15) is 36.2 Å². The number of guanidine groups is 1. The topological polar surface area (TPSA) is 91.3 Å². The molecule has 1 aliphatic rings. The molecule has 1 aromatic rings. The van der Waals surface area contributed by atoms with Gasteiger partial charge in [-0.2, -0.15) is 0 Å². The zero-order valence-corrected chi connectivity index (χ0v) is 15.0. The van der Waals surface area contributed by atoms with E-state index >= 15 is 0 Å². The maximum absolute atomic E-state index is 11.8. The van der Waals surface area contributed by atoms with Crippen molar-refractivity contribution in [3.63, 3.8) is 0 Å². The Kier molecular flexibility index (Phi) is 8.71. The summed E-state index contributed by atoms with van der Waals surface area (Å²) < 4.78 is 0. The molecule has 0 unspecified atom stereocenters. The van der Waals surface area contributed by atoms with Crippen LogP contribution in [0.25, 0.3) is 0 Å². The van der Waals surface area contributed by atoms with E-state index in [9.17, 15) is 4.79 Å². The summed E-state index contributed by atoms with van der Waals surface area (Å²) in [6.45, 7) is 1.11. The molecule has 22 heavy (non-hydrogen) atoms. The van der Waals surface area contributed by atoms with E-state index in [2.05, 4.69) is 30.9 Å². The highest BCUT2D eigenvalue weighted by atomic mass is 127. The fraction of sp³-hybridized carbons (Fsp3) is 0.571. The Bertz CT molecular complexity index is 475. The molecule has 1 amide bonds. The van der Waals surface area contributed by atoms with Gasteiger partial charge < -0.3 is 16.0 Å². The average Bonchev–Trinajstić information content (AvgIpc) is 3.04. The van der Waals surface area contributed by atoms with E-state index in [1.54, 1.807) is 7.05 Å². The number of halogens is 1. The van der Waals surface area contributed by atoms with Crippen molar-refractivity contribution in [3.05, 3.63) is 24.3 Å². The minimum atomic E-state index is -0.219. The normalized spacial score (nSPS) is 15.0. The van der Waals surface area contributed by atoms with Crippen LogP contribution in [0.4, 0.5) is 0 Å². The molecular weight excluding hydrogens is 395 g/mol. The average molecular weight is 418 g/mol. The molecule has 0 radical (unpaired) electrons. The van der Waals surface area contributed by atoms with Gasteiger partial charge in [0.2, 0.25) is 0 Å². The third-order valence-electron chi connectivity index (χ3n) is 3.42. The number of rotatable bonds is 5. The lowest BCUT2D eigenvalue weighted by Crippen LogP contribution is -2.45. The van der Waals surface area contributed by atoms with Gasteiger partial charge in [-0.1, -0.05) is 12.8 Å². The first-order valence-electron chi connectivity index (χ1n) is 7.31. The monoisotopic (exact) mass is 418 g/mol. The molecule has 1 heterocycles. The van der Waals surface area contributed by atoms with Gasteiger partial charge in [-0.05, 0) is 12.8 Å². The third kappa shape index (κ3) is 6.12. The molecule has 0 spiro atoms. The first-order valence-corrected chi connectivity index (χ1v) is 7.31. The first-order chi connectivity index (χ1) is 10.3. The molecule has 1 aromatic heterocycles. The highest BCUT2D eigenvalue weighted by Crippen LogP contribution is 2.17. The molecule has 122 valence electrons. The summed E-state index contributed by atoms with van der Waals surface area (Å²) in [7, 11) is 1.75. The highest BCUT2D eigenvalue weighted by molar-refractivity contribution is 14.0. The Morgan fingerprint density at radius 2 is 2.00 bits per heavy atom. The van der Waals surface area contributed by atoms with Gasteiger partial charge in [-0.3, -0.25) is 14.8 Å². The summed E-state index contributed by atoms with van der Waals surface area (Å²) in [4.78, 5) is 23.7. The van der Waals surface area contributed by atoms with Crippen LogP contribution in [0, 0.1) is 0 Å². The summed E-state index contributed by atoms with van der Waals surface area (Å²) in [5.74, 6) is 0.569. The lowest BCUT2D eigenvalue weighted by atomic mass is 10.2. The number of nitrogens with zero attached hydrogens (tertiary/aromatic N) is 3. The molecule has 8 heteroatoms. The van der Waals surface area contributed by atoms with Crippen LogP contribution in [-0.2, 0) is 0 Å². The van der Waals surface area contributed by atoms with Crippen molar-refractivity contribution < 1.29 is 4.79 Å². The fourth-order valence-corrected chi connectivity index (χ4v) is 2.32. The first kappa shape index (κ1) is 18.6. The molecule has 3 N–H and O–H groups in total. The number of amides is 1. The smallest absolute Gasteiger partial charge is 0.271 e. The number of carbonyl (C=O) groups excluding carboxylic acids is 1. The number of hydrogen-bond acceptors (Lipinski definition) is 4. The van der Waals surface area contributed by atoms with Crippen LogP contribution in [-0.4, -0.2) is 48.0 Å². The zero-order chi connectivity index (χ0) is 14.9.